The fourth-order valence-corrected chi connectivity index (χ4v) is 7.08. The molecule has 0 aliphatic rings. The van der Waals surface area contributed by atoms with Crippen LogP contribution in [-0.2, 0) is 14.6 Å². The lowest BCUT2D eigenvalue weighted by Crippen LogP contribution is -2.27. The van der Waals surface area contributed by atoms with Gasteiger partial charge in [0.2, 0.25) is 0 Å². The van der Waals surface area contributed by atoms with Crippen molar-refractivity contribution in [1.29, 1.82) is 0 Å². The second-order valence-electron chi connectivity index (χ2n) is 6.18. The van der Waals surface area contributed by atoms with Crippen molar-refractivity contribution in [2.45, 2.75) is 11.8 Å². The number of carbonyl (C=O) groups excluding carboxylic acids is 1. The first-order valence-electron chi connectivity index (χ1n) is 7.85. The zero-order valence-corrected chi connectivity index (χ0v) is 17.9. The fraction of sp³-hybridized carbons (Fsp3) is 0.118. The summed E-state index contributed by atoms with van der Waals surface area (Å²) in [6.07, 6.45) is 1.50. The van der Waals surface area contributed by atoms with E-state index in [2.05, 4.69) is 4.98 Å². The predicted octanol–water partition coefficient (Wildman–Crippen LogP) is 4.69. The van der Waals surface area contributed by atoms with E-state index in [4.69, 9.17) is 23.2 Å². The summed E-state index contributed by atoms with van der Waals surface area (Å²) >= 11 is 11.8. The molecule has 0 spiro atoms. The first-order chi connectivity index (χ1) is 12.9. The molecule has 1 atom stereocenters. The summed E-state index contributed by atoms with van der Waals surface area (Å²) in [6.45, 7) is 2.32. The van der Waals surface area contributed by atoms with Gasteiger partial charge in [0.1, 0.15) is 0 Å². The van der Waals surface area contributed by atoms with Gasteiger partial charge in [-0.2, -0.15) is 4.08 Å². The number of nitrogens with zero attached hydrogens (tertiary/aromatic N) is 1. The van der Waals surface area contributed by atoms with E-state index in [-0.39, 0.29) is 26.4 Å². The monoisotopic (exact) mass is 460 g/mol. The van der Waals surface area contributed by atoms with E-state index in [1.54, 1.807) is 0 Å². The molecule has 2 aromatic carbocycles. The van der Waals surface area contributed by atoms with Gasteiger partial charge in [-0.1, -0.05) is 23.2 Å². The maximum absolute atomic E-state index is 13.1. The Hall–Kier alpha value is -1.83. The van der Waals surface area contributed by atoms with Crippen molar-refractivity contribution in [2.24, 2.45) is 0 Å². The Morgan fingerprint density at radius 3 is 2.29 bits per heavy atom. The SMILES string of the molecule is CC(=O)c1c[nH]c2cc(N(P(C)(=O)O)S(=O)(=O)c3cc(Cl)cc(Cl)c3)ccc12. The second kappa shape index (κ2) is 7.21. The Morgan fingerprint density at radius 2 is 1.75 bits per heavy atom. The molecule has 3 aromatic rings. The summed E-state index contributed by atoms with van der Waals surface area (Å²) in [5, 5.41) is 0.713. The number of aromatic nitrogens is 1. The molecule has 0 radical (unpaired) electrons. The molecule has 0 saturated heterocycles. The molecule has 1 unspecified atom stereocenters. The van der Waals surface area contributed by atoms with E-state index in [1.165, 1.54) is 37.4 Å². The third-order valence-corrected chi connectivity index (χ3v) is 8.36. The summed E-state index contributed by atoms with van der Waals surface area (Å²) in [5.74, 6) is -0.166. The summed E-state index contributed by atoms with van der Waals surface area (Å²) in [6, 6.07) is 7.90. The maximum atomic E-state index is 13.1. The van der Waals surface area contributed by atoms with Crippen molar-refractivity contribution >= 4 is 63.1 Å². The molecule has 0 bridgehead atoms. The molecule has 0 aliphatic heterocycles. The number of Topliss-reactive ketones (excluding diaryl/α,β-unsaturated/α-hetero) is 1. The summed E-state index contributed by atoms with van der Waals surface area (Å²) in [7, 11) is -8.79. The normalized spacial score (nSPS) is 14.0. The number of H-pyrrole nitrogens is 1. The zero-order valence-electron chi connectivity index (χ0n) is 14.7. The number of benzene rings is 2. The fourth-order valence-electron chi connectivity index (χ4n) is 2.85. The number of carbonyl (C=O) groups is 1. The van der Waals surface area contributed by atoms with Gasteiger partial charge in [0.05, 0.1) is 10.6 Å². The molecule has 1 aromatic heterocycles. The number of fused-ring (bicyclic) bond motifs is 1. The van der Waals surface area contributed by atoms with E-state index >= 15 is 0 Å². The number of ketones is 1. The van der Waals surface area contributed by atoms with Crippen molar-refractivity contribution in [1.82, 2.24) is 4.98 Å². The highest BCUT2D eigenvalue weighted by Gasteiger charge is 2.36. The summed E-state index contributed by atoms with van der Waals surface area (Å²) in [5.41, 5.74) is 0.829. The van der Waals surface area contributed by atoms with Crippen LogP contribution in [0.1, 0.15) is 17.3 Å². The van der Waals surface area contributed by atoms with Crippen LogP contribution in [0.25, 0.3) is 10.9 Å². The Kier molecular flexibility index (Phi) is 5.38. The van der Waals surface area contributed by atoms with Gasteiger partial charge in [-0.3, -0.25) is 9.36 Å². The smallest absolute Gasteiger partial charge is 0.304 e. The maximum Gasteiger partial charge on any atom is 0.304 e. The Morgan fingerprint density at radius 1 is 1.14 bits per heavy atom. The van der Waals surface area contributed by atoms with E-state index < -0.39 is 17.5 Å². The molecule has 2 N–H and O–H groups in total. The molecule has 0 fully saturated rings. The van der Waals surface area contributed by atoms with Crippen LogP contribution in [-0.4, -0.2) is 30.7 Å². The van der Waals surface area contributed by atoms with Gasteiger partial charge in [0.25, 0.3) is 10.0 Å². The van der Waals surface area contributed by atoms with Gasteiger partial charge in [-0.25, -0.2) is 8.42 Å². The van der Waals surface area contributed by atoms with Gasteiger partial charge in [-0.15, -0.1) is 0 Å². The molecule has 28 heavy (non-hydrogen) atoms. The summed E-state index contributed by atoms with van der Waals surface area (Å²) in [4.78, 5) is 24.4. The molecule has 0 amide bonds. The molecule has 7 nitrogen and oxygen atoms in total. The number of hydrogen-bond donors (Lipinski definition) is 2. The van der Waals surface area contributed by atoms with E-state index in [9.17, 15) is 22.7 Å². The minimum Gasteiger partial charge on any atom is -0.360 e. The minimum atomic E-state index is -4.46. The second-order valence-corrected chi connectivity index (χ2v) is 11.2. The standard InChI is InChI=1S/C17H15Cl2N2O5PS/c1-10(22)16-9-20-17-8-13(3-4-15(16)17)21(27(2,23)24)28(25,26)14-6-11(18)5-12(19)7-14/h3-9,20H,1-2H3,(H,23,24). The average molecular weight is 461 g/mol. The summed E-state index contributed by atoms with van der Waals surface area (Å²) < 4.78 is 39.3. The van der Waals surface area contributed by atoms with E-state index in [1.807, 2.05) is 0 Å². The van der Waals surface area contributed by atoms with Crippen LogP contribution >= 0.6 is 30.7 Å². The third-order valence-electron chi connectivity index (χ3n) is 3.96. The molecule has 0 saturated carbocycles. The van der Waals surface area contributed by atoms with Crippen LogP contribution in [0.5, 0.6) is 0 Å². The van der Waals surface area contributed by atoms with E-state index in [0.29, 0.717) is 20.5 Å². The molecular weight excluding hydrogens is 446 g/mol. The highest BCUT2D eigenvalue weighted by molar-refractivity contribution is 8.00. The largest absolute Gasteiger partial charge is 0.360 e. The zero-order chi connectivity index (χ0) is 20.9. The molecular formula is C17H15Cl2N2O5PS. The van der Waals surface area contributed by atoms with Crippen LogP contribution in [0.4, 0.5) is 5.69 Å². The van der Waals surface area contributed by atoms with Crippen molar-refractivity contribution in [3.8, 4) is 0 Å². The highest BCUT2D eigenvalue weighted by Crippen LogP contribution is 2.49. The Bertz CT molecular complexity index is 1230. The lowest BCUT2D eigenvalue weighted by molar-refractivity contribution is 0.101. The molecule has 0 aliphatic carbocycles. The first kappa shape index (κ1) is 20.9. The minimum absolute atomic E-state index is 0.0473. The van der Waals surface area contributed by atoms with Gasteiger partial charge < -0.3 is 9.88 Å². The Labute approximate surface area is 171 Å². The number of hydrogen-bond acceptors (Lipinski definition) is 4. The molecule has 148 valence electrons. The quantitative estimate of drug-likeness (QED) is 0.424. The number of nitrogens with one attached hydrogen (secondary N) is 1. The average Bonchev–Trinajstić information content (AvgIpc) is 2.95. The van der Waals surface area contributed by atoms with Gasteiger partial charge in [0.15, 0.2) is 5.78 Å². The number of aromatic amines is 1. The molecule has 11 heteroatoms. The van der Waals surface area contributed by atoms with Crippen molar-refractivity contribution in [2.75, 3.05) is 10.7 Å². The predicted molar refractivity (Wildman–Crippen MR) is 110 cm³/mol. The van der Waals surface area contributed by atoms with Gasteiger partial charge in [-0.05, 0) is 43.3 Å². The number of sulfonamides is 1. The number of anilines is 1. The lowest BCUT2D eigenvalue weighted by atomic mass is 10.1. The van der Waals surface area contributed by atoms with Crippen LogP contribution in [0, 0.1) is 0 Å². The topological polar surface area (TPSA) is 108 Å². The van der Waals surface area contributed by atoms with Crippen LogP contribution in [0.15, 0.2) is 47.5 Å². The van der Waals surface area contributed by atoms with Crippen LogP contribution in [0.2, 0.25) is 10.0 Å². The van der Waals surface area contributed by atoms with E-state index in [0.717, 1.165) is 18.8 Å². The first-order valence-corrected chi connectivity index (χ1v) is 12.1. The van der Waals surface area contributed by atoms with Crippen molar-refractivity contribution in [3.63, 3.8) is 0 Å². The van der Waals surface area contributed by atoms with Crippen molar-refractivity contribution in [3.05, 3.63) is 58.2 Å². The number of rotatable bonds is 5. The number of halogens is 2. The highest BCUT2D eigenvalue weighted by atomic mass is 35.5. The van der Waals surface area contributed by atoms with Crippen LogP contribution < -0.4 is 4.08 Å². The molecule has 1 heterocycles. The van der Waals surface area contributed by atoms with Crippen LogP contribution in [0.3, 0.4) is 0 Å². The Balaban J connectivity index is 2.22. The van der Waals surface area contributed by atoms with Gasteiger partial charge in [0, 0.05) is 39.4 Å². The van der Waals surface area contributed by atoms with Gasteiger partial charge >= 0.3 is 7.52 Å². The van der Waals surface area contributed by atoms with Crippen molar-refractivity contribution < 1.29 is 22.7 Å². The third kappa shape index (κ3) is 3.83. The molecule has 3 rings (SSSR count). The lowest BCUT2D eigenvalue weighted by Gasteiger charge is -2.26.